The molecule has 0 N–H and O–H groups in total. The molecule has 0 fully saturated rings. The van der Waals surface area contributed by atoms with E-state index in [0.717, 1.165) is 47.2 Å². The van der Waals surface area contributed by atoms with Crippen molar-refractivity contribution in [3.63, 3.8) is 0 Å². The number of nitriles is 1. The van der Waals surface area contributed by atoms with Gasteiger partial charge in [-0.25, -0.2) is 4.98 Å². The van der Waals surface area contributed by atoms with E-state index >= 15 is 0 Å². The first-order valence-electron chi connectivity index (χ1n) is 10.8. The molecule has 0 radical (unpaired) electrons. The number of nitrogens with zero attached hydrogens (tertiary/aromatic N) is 3. The molecule has 160 valence electrons. The maximum Gasteiger partial charge on any atom is 0.261 e. The minimum Gasteiger partial charge on any atom is -0.470 e. The van der Waals surface area contributed by atoms with Gasteiger partial charge in [0.15, 0.2) is 0 Å². The van der Waals surface area contributed by atoms with Gasteiger partial charge in [0.1, 0.15) is 12.1 Å². The van der Waals surface area contributed by atoms with Crippen molar-refractivity contribution in [1.82, 2.24) is 9.55 Å². The molecule has 5 heteroatoms. The number of hydrogen-bond acceptors (Lipinski definition) is 4. The zero-order valence-corrected chi connectivity index (χ0v) is 18.3. The summed E-state index contributed by atoms with van der Waals surface area (Å²) in [7, 11) is 0. The van der Waals surface area contributed by atoms with Gasteiger partial charge in [0.05, 0.1) is 29.3 Å². The van der Waals surface area contributed by atoms with E-state index in [4.69, 9.17) is 9.40 Å². The molecular formula is C27H25N3O2. The molecule has 2 aromatic carbocycles. The lowest BCUT2D eigenvalue weighted by molar-refractivity contribution is 0.564. The molecule has 5 nitrogen and oxygen atoms in total. The second kappa shape index (κ2) is 9.49. The molecule has 0 saturated carbocycles. The first kappa shape index (κ1) is 21.3. The van der Waals surface area contributed by atoms with Crippen molar-refractivity contribution < 1.29 is 4.42 Å². The van der Waals surface area contributed by atoms with Crippen molar-refractivity contribution in [3.8, 4) is 22.9 Å². The average Bonchev–Trinajstić information content (AvgIpc) is 3.34. The fraction of sp³-hybridized carbons (Fsp3) is 0.222. The molecule has 0 saturated heterocycles. The standard InChI is InChI=1S/C27H25N3O2/c1-3-4-9-26-25(27(31)30(19(2)29-26)23-14-15-32-18-23)16-20-10-12-21(13-11-20)24-8-6-5-7-22(24)17-28/h5-8,10-15,18H,3-4,9,16H2,1-2H3. The Balaban J connectivity index is 1.72. The van der Waals surface area contributed by atoms with E-state index in [1.54, 1.807) is 23.2 Å². The van der Waals surface area contributed by atoms with Gasteiger partial charge in [-0.2, -0.15) is 5.26 Å². The molecule has 0 spiro atoms. The maximum absolute atomic E-state index is 13.5. The lowest BCUT2D eigenvalue weighted by Crippen LogP contribution is -2.28. The van der Waals surface area contributed by atoms with E-state index in [2.05, 4.69) is 13.0 Å². The summed E-state index contributed by atoms with van der Waals surface area (Å²) in [5.41, 5.74) is 5.79. The van der Waals surface area contributed by atoms with Crippen molar-refractivity contribution in [1.29, 1.82) is 5.26 Å². The third-order valence-corrected chi connectivity index (χ3v) is 5.65. The third-order valence-electron chi connectivity index (χ3n) is 5.65. The minimum absolute atomic E-state index is 0.0519. The third kappa shape index (κ3) is 4.26. The van der Waals surface area contributed by atoms with E-state index in [0.29, 0.717) is 23.5 Å². The highest BCUT2D eigenvalue weighted by Crippen LogP contribution is 2.24. The monoisotopic (exact) mass is 423 g/mol. The second-order valence-electron chi connectivity index (χ2n) is 7.84. The topological polar surface area (TPSA) is 71.8 Å². The Morgan fingerprint density at radius 3 is 2.56 bits per heavy atom. The van der Waals surface area contributed by atoms with Crippen LogP contribution in [0, 0.1) is 18.3 Å². The van der Waals surface area contributed by atoms with Gasteiger partial charge in [-0.15, -0.1) is 0 Å². The highest BCUT2D eigenvalue weighted by molar-refractivity contribution is 5.70. The molecule has 0 aliphatic rings. The van der Waals surface area contributed by atoms with Crippen molar-refractivity contribution in [2.24, 2.45) is 0 Å². The van der Waals surface area contributed by atoms with Crippen LogP contribution in [0.4, 0.5) is 0 Å². The number of hydrogen-bond donors (Lipinski definition) is 0. The summed E-state index contributed by atoms with van der Waals surface area (Å²) in [6.45, 7) is 3.99. The summed E-state index contributed by atoms with van der Waals surface area (Å²) in [5, 5.41) is 9.39. The van der Waals surface area contributed by atoms with Crippen LogP contribution in [0.3, 0.4) is 0 Å². The number of rotatable bonds is 7. The van der Waals surface area contributed by atoms with Crippen LogP contribution in [0.25, 0.3) is 16.8 Å². The number of benzene rings is 2. The molecule has 0 unspecified atom stereocenters. The zero-order valence-electron chi connectivity index (χ0n) is 18.3. The van der Waals surface area contributed by atoms with Crippen LogP contribution >= 0.6 is 0 Å². The summed E-state index contributed by atoms with van der Waals surface area (Å²) < 4.78 is 6.81. The normalized spacial score (nSPS) is 10.8. The van der Waals surface area contributed by atoms with Gasteiger partial charge in [-0.05, 0) is 42.5 Å². The summed E-state index contributed by atoms with van der Waals surface area (Å²) >= 11 is 0. The van der Waals surface area contributed by atoms with Crippen LogP contribution in [0.1, 0.15) is 48.0 Å². The van der Waals surface area contributed by atoms with Crippen LogP contribution in [0.15, 0.2) is 76.3 Å². The fourth-order valence-electron chi connectivity index (χ4n) is 3.97. The van der Waals surface area contributed by atoms with Crippen LogP contribution < -0.4 is 5.56 Å². The molecule has 0 aliphatic carbocycles. The van der Waals surface area contributed by atoms with Gasteiger partial charge >= 0.3 is 0 Å². The first-order valence-corrected chi connectivity index (χ1v) is 10.8. The smallest absolute Gasteiger partial charge is 0.261 e. The number of aromatic nitrogens is 2. The minimum atomic E-state index is -0.0519. The van der Waals surface area contributed by atoms with E-state index < -0.39 is 0 Å². The van der Waals surface area contributed by atoms with Crippen molar-refractivity contribution >= 4 is 0 Å². The number of furan rings is 1. The van der Waals surface area contributed by atoms with Crippen molar-refractivity contribution in [2.45, 2.75) is 39.5 Å². The Kier molecular flexibility index (Phi) is 6.32. The van der Waals surface area contributed by atoms with Gasteiger partial charge < -0.3 is 4.42 Å². The first-order chi connectivity index (χ1) is 15.6. The van der Waals surface area contributed by atoms with Crippen LogP contribution in [-0.4, -0.2) is 9.55 Å². The quantitative estimate of drug-likeness (QED) is 0.387. The van der Waals surface area contributed by atoms with Gasteiger partial charge in [-0.3, -0.25) is 9.36 Å². The molecule has 0 bridgehead atoms. The van der Waals surface area contributed by atoms with E-state index in [-0.39, 0.29) is 5.56 Å². The molecule has 0 amide bonds. The highest BCUT2D eigenvalue weighted by Gasteiger charge is 2.17. The Morgan fingerprint density at radius 1 is 1.09 bits per heavy atom. The molecular weight excluding hydrogens is 398 g/mol. The van der Waals surface area contributed by atoms with E-state index in [1.807, 2.05) is 55.5 Å². The van der Waals surface area contributed by atoms with Gasteiger partial charge in [-0.1, -0.05) is 55.8 Å². The van der Waals surface area contributed by atoms with E-state index in [9.17, 15) is 10.1 Å². The predicted molar refractivity (Wildman–Crippen MR) is 125 cm³/mol. The lowest BCUT2D eigenvalue weighted by Gasteiger charge is -2.14. The Hall–Kier alpha value is -3.91. The summed E-state index contributed by atoms with van der Waals surface area (Å²) in [4.78, 5) is 18.3. The predicted octanol–water partition coefficient (Wildman–Crippen LogP) is 5.61. The van der Waals surface area contributed by atoms with Crippen LogP contribution in [0.2, 0.25) is 0 Å². The van der Waals surface area contributed by atoms with Crippen LogP contribution in [0.5, 0.6) is 0 Å². The van der Waals surface area contributed by atoms with Crippen LogP contribution in [-0.2, 0) is 12.8 Å². The van der Waals surface area contributed by atoms with Gasteiger partial charge in [0, 0.05) is 18.1 Å². The molecule has 32 heavy (non-hydrogen) atoms. The van der Waals surface area contributed by atoms with Gasteiger partial charge in [0.25, 0.3) is 5.56 Å². The molecule has 4 rings (SSSR count). The summed E-state index contributed by atoms with van der Waals surface area (Å²) in [6, 6.07) is 19.6. The summed E-state index contributed by atoms with van der Waals surface area (Å²) in [5.74, 6) is 0.662. The Bertz CT molecular complexity index is 1310. The Morgan fingerprint density at radius 2 is 1.88 bits per heavy atom. The molecule has 2 aromatic heterocycles. The molecule has 0 aliphatic heterocycles. The Labute approximate surface area is 187 Å². The van der Waals surface area contributed by atoms with Crippen molar-refractivity contribution in [2.75, 3.05) is 0 Å². The van der Waals surface area contributed by atoms with Gasteiger partial charge in [0.2, 0.25) is 0 Å². The van der Waals surface area contributed by atoms with Crippen molar-refractivity contribution in [3.05, 3.63) is 106 Å². The molecule has 4 aromatic rings. The zero-order chi connectivity index (χ0) is 22.5. The number of unbranched alkanes of at least 4 members (excludes halogenated alkanes) is 1. The second-order valence-corrected chi connectivity index (χ2v) is 7.84. The highest BCUT2D eigenvalue weighted by atomic mass is 16.3. The SMILES string of the molecule is CCCCc1nc(C)n(-c2ccoc2)c(=O)c1Cc1ccc(-c2ccccc2C#N)cc1. The average molecular weight is 424 g/mol. The number of aryl methyl sites for hydroxylation is 2. The maximum atomic E-state index is 13.5. The summed E-state index contributed by atoms with van der Waals surface area (Å²) in [6.07, 6.45) is 6.43. The molecule has 0 atom stereocenters. The lowest BCUT2D eigenvalue weighted by atomic mass is 9.97. The molecule has 2 heterocycles. The van der Waals surface area contributed by atoms with E-state index in [1.165, 1.54) is 0 Å². The fourth-order valence-corrected chi connectivity index (χ4v) is 3.97. The largest absolute Gasteiger partial charge is 0.470 e.